The molecule has 43 heavy (non-hydrogen) atoms. The topological polar surface area (TPSA) is 118 Å². The van der Waals surface area contributed by atoms with Gasteiger partial charge in [-0.25, -0.2) is 4.90 Å². The van der Waals surface area contributed by atoms with E-state index in [0.717, 1.165) is 22.5 Å². The first-order valence-corrected chi connectivity index (χ1v) is 15.5. The second kappa shape index (κ2) is 11.7. The number of ether oxygens (including phenoxy) is 2. The highest BCUT2D eigenvalue weighted by Gasteiger charge is 2.56. The second-order valence-electron chi connectivity index (χ2n) is 10.4. The molecule has 0 bridgehead atoms. The predicted molar refractivity (Wildman–Crippen MR) is 167 cm³/mol. The van der Waals surface area contributed by atoms with Crippen molar-refractivity contribution in [2.75, 3.05) is 23.4 Å². The van der Waals surface area contributed by atoms with E-state index in [1.54, 1.807) is 36.4 Å². The number of carbonyl (C=O) groups excluding carboxylic acids is 3. The minimum Gasteiger partial charge on any atom is -0.490 e. The molecular weight excluding hydrogens is 587 g/mol. The van der Waals surface area contributed by atoms with Crippen molar-refractivity contribution < 1.29 is 23.9 Å². The number of thioether (sulfide) groups is 1. The molecule has 3 atom stereocenters. The van der Waals surface area contributed by atoms with Gasteiger partial charge in [-0.1, -0.05) is 59.0 Å². The van der Waals surface area contributed by atoms with Gasteiger partial charge in [0, 0.05) is 16.5 Å². The molecule has 2 N–H and O–H groups in total. The Bertz CT molecular complexity index is 1780. The Kier molecular flexibility index (Phi) is 7.85. The zero-order valence-electron chi connectivity index (χ0n) is 23.7. The molecule has 11 heteroatoms. The van der Waals surface area contributed by atoms with E-state index in [1.807, 2.05) is 51.1 Å². The number of thiazole rings is 1. The Morgan fingerprint density at radius 2 is 1.72 bits per heavy atom. The first-order valence-electron chi connectivity index (χ1n) is 13.8. The van der Waals surface area contributed by atoms with Crippen LogP contribution in [-0.2, 0) is 14.4 Å². The van der Waals surface area contributed by atoms with Gasteiger partial charge in [0.15, 0.2) is 18.1 Å². The van der Waals surface area contributed by atoms with Crippen molar-refractivity contribution in [3.63, 3.8) is 0 Å². The van der Waals surface area contributed by atoms with Crippen LogP contribution >= 0.6 is 23.1 Å². The number of nitrogens with one attached hydrogen (secondary N) is 2. The lowest BCUT2D eigenvalue weighted by Crippen LogP contribution is -2.32. The van der Waals surface area contributed by atoms with E-state index in [9.17, 15) is 19.2 Å². The number of rotatable bonds is 8. The quantitative estimate of drug-likeness (QED) is 0.260. The Labute approximate surface area is 256 Å². The van der Waals surface area contributed by atoms with Gasteiger partial charge in [-0.3, -0.25) is 19.2 Å². The lowest BCUT2D eigenvalue weighted by atomic mass is 9.83. The molecule has 3 amide bonds. The Balaban J connectivity index is 1.31. The Hall–Kier alpha value is -4.35. The Morgan fingerprint density at radius 3 is 2.47 bits per heavy atom. The van der Waals surface area contributed by atoms with E-state index in [-0.39, 0.29) is 29.2 Å². The van der Waals surface area contributed by atoms with Crippen LogP contribution in [0, 0.1) is 19.8 Å². The largest absolute Gasteiger partial charge is 0.490 e. The fourth-order valence-corrected chi connectivity index (χ4v) is 8.01. The lowest BCUT2D eigenvalue weighted by Gasteiger charge is -2.30. The number of H-pyrrole nitrogens is 1. The van der Waals surface area contributed by atoms with Gasteiger partial charge in [-0.05, 0) is 68.3 Å². The van der Waals surface area contributed by atoms with Crippen molar-refractivity contribution >= 4 is 52.2 Å². The summed E-state index contributed by atoms with van der Waals surface area (Å²) in [4.78, 5) is 57.2. The summed E-state index contributed by atoms with van der Waals surface area (Å²) in [5, 5.41) is 2.72. The number of imide groups is 1. The number of amides is 3. The molecule has 3 aromatic carbocycles. The summed E-state index contributed by atoms with van der Waals surface area (Å²) in [7, 11) is 0. The SMILES string of the molecule is CCOc1cc(C2c3sc(=O)[nH]c3SC3C(=O)N(c4ccc(C)cc4)C(=O)C32)ccc1OCC(=O)Nc1cccc(C)c1. The van der Waals surface area contributed by atoms with Crippen LogP contribution in [-0.4, -0.2) is 41.2 Å². The minimum atomic E-state index is -0.723. The fraction of sp³-hybridized carbons (Fsp3) is 0.250. The van der Waals surface area contributed by atoms with Crippen LogP contribution in [0.3, 0.4) is 0 Å². The van der Waals surface area contributed by atoms with Gasteiger partial charge in [0.1, 0.15) is 5.25 Å². The maximum atomic E-state index is 14.0. The van der Waals surface area contributed by atoms with Gasteiger partial charge >= 0.3 is 4.87 Å². The average molecular weight is 616 g/mol. The van der Waals surface area contributed by atoms with Crippen LogP contribution in [0.2, 0.25) is 0 Å². The van der Waals surface area contributed by atoms with Crippen LogP contribution in [0.4, 0.5) is 11.4 Å². The fourth-order valence-electron chi connectivity index (χ4n) is 5.49. The second-order valence-corrected chi connectivity index (χ2v) is 12.6. The van der Waals surface area contributed by atoms with Crippen LogP contribution < -0.4 is 24.6 Å². The zero-order valence-corrected chi connectivity index (χ0v) is 25.3. The molecule has 3 heterocycles. The molecule has 0 radical (unpaired) electrons. The number of aromatic nitrogens is 1. The number of hydrogen-bond donors (Lipinski definition) is 2. The minimum absolute atomic E-state index is 0.236. The normalized spacial score (nSPS) is 19.1. The highest BCUT2D eigenvalue weighted by Crippen LogP contribution is 2.53. The van der Waals surface area contributed by atoms with Gasteiger partial charge in [0.2, 0.25) is 11.8 Å². The van der Waals surface area contributed by atoms with E-state index < -0.39 is 17.1 Å². The first kappa shape index (κ1) is 28.8. The molecule has 220 valence electrons. The lowest BCUT2D eigenvalue weighted by molar-refractivity contribution is -0.122. The number of hydrogen-bond acceptors (Lipinski definition) is 8. The molecule has 0 spiro atoms. The molecule has 3 unspecified atom stereocenters. The summed E-state index contributed by atoms with van der Waals surface area (Å²) in [6, 6.07) is 20.0. The number of aromatic amines is 1. The number of aryl methyl sites for hydroxylation is 2. The highest BCUT2D eigenvalue weighted by atomic mass is 32.2. The third-order valence-electron chi connectivity index (χ3n) is 7.40. The van der Waals surface area contributed by atoms with Crippen molar-refractivity contribution in [2.45, 2.75) is 37.0 Å². The number of benzene rings is 3. The van der Waals surface area contributed by atoms with Crippen molar-refractivity contribution in [2.24, 2.45) is 5.92 Å². The summed E-state index contributed by atoms with van der Waals surface area (Å²) in [5.41, 5.74) is 3.95. The molecule has 4 aromatic rings. The van der Waals surface area contributed by atoms with Gasteiger partial charge in [-0.2, -0.15) is 0 Å². The summed E-state index contributed by atoms with van der Waals surface area (Å²) >= 11 is 2.28. The molecule has 0 aliphatic carbocycles. The van der Waals surface area contributed by atoms with Crippen LogP contribution in [0.15, 0.2) is 76.6 Å². The molecule has 0 saturated carbocycles. The number of fused-ring (bicyclic) bond motifs is 2. The summed E-state index contributed by atoms with van der Waals surface area (Å²) in [6.45, 7) is 5.82. The van der Waals surface area contributed by atoms with Crippen molar-refractivity contribution in [3.8, 4) is 11.5 Å². The van der Waals surface area contributed by atoms with E-state index >= 15 is 0 Å². The first-order chi connectivity index (χ1) is 20.7. The summed E-state index contributed by atoms with van der Waals surface area (Å²) in [6.07, 6.45) is 0. The van der Waals surface area contributed by atoms with Crippen LogP contribution in [0.5, 0.6) is 11.5 Å². The van der Waals surface area contributed by atoms with Crippen LogP contribution in [0.25, 0.3) is 0 Å². The number of carbonyl (C=O) groups is 3. The maximum absolute atomic E-state index is 14.0. The summed E-state index contributed by atoms with van der Waals surface area (Å²) < 4.78 is 11.8. The van der Waals surface area contributed by atoms with Gasteiger partial charge < -0.3 is 19.8 Å². The highest BCUT2D eigenvalue weighted by molar-refractivity contribution is 8.00. The molecule has 9 nitrogen and oxygen atoms in total. The van der Waals surface area contributed by atoms with E-state index in [0.29, 0.717) is 44.9 Å². The molecule has 1 fully saturated rings. The maximum Gasteiger partial charge on any atom is 0.305 e. The van der Waals surface area contributed by atoms with Crippen molar-refractivity contribution in [3.05, 3.63) is 98.0 Å². The monoisotopic (exact) mass is 615 g/mol. The van der Waals surface area contributed by atoms with Gasteiger partial charge in [0.05, 0.1) is 23.2 Å². The van der Waals surface area contributed by atoms with E-state index in [1.165, 1.54) is 16.7 Å². The Morgan fingerprint density at radius 1 is 0.930 bits per heavy atom. The molecule has 1 saturated heterocycles. The number of nitrogens with zero attached hydrogens (tertiary/aromatic N) is 1. The van der Waals surface area contributed by atoms with Crippen molar-refractivity contribution in [1.82, 2.24) is 4.98 Å². The van der Waals surface area contributed by atoms with Crippen molar-refractivity contribution in [1.29, 1.82) is 0 Å². The van der Waals surface area contributed by atoms with Gasteiger partial charge in [0.25, 0.3) is 5.91 Å². The third kappa shape index (κ3) is 5.57. The molecule has 2 aliphatic rings. The van der Waals surface area contributed by atoms with Crippen LogP contribution in [0.1, 0.15) is 34.4 Å². The molecule has 6 rings (SSSR count). The number of anilines is 2. The third-order valence-corrected chi connectivity index (χ3v) is 9.80. The average Bonchev–Trinajstić information content (AvgIpc) is 3.47. The zero-order chi connectivity index (χ0) is 30.2. The molecule has 2 aliphatic heterocycles. The predicted octanol–water partition coefficient (Wildman–Crippen LogP) is 5.27. The smallest absolute Gasteiger partial charge is 0.305 e. The standard InChI is InChI=1S/C32H29N3O6S2/c1-4-40-23-15-19(10-13-22(23)41-16-24(36)33-20-7-5-6-18(3)14-20)25-26-28(42-29-27(25)43-32(39)34-29)31(38)35(30(26)37)21-11-8-17(2)9-12-21/h5-15,25-26,28H,4,16H2,1-3H3,(H,33,36)(H,34,39). The van der Waals surface area contributed by atoms with Gasteiger partial charge in [-0.15, -0.1) is 0 Å². The van der Waals surface area contributed by atoms with E-state index in [4.69, 9.17) is 9.47 Å². The molecule has 1 aromatic heterocycles. The van der Waals surface area contributed by atoms with E-state index in [2.05, 4.69) is 10.3 Å². The molecular formula is C32H29N3O6S2. The summed E-state index contributed by atoms with van der Waals surface area (Å²) in [5.74, 6) is -1.46.